The van der Waals surface area contributed by atoms with Gasteiger partial charge in [0, 0.05) is 6.07 Å². The first-order chi connectivity index (χ1) is 7.28. The van der Waals surface area contributed by atoms with Gasteiger partial charge < -0.3 is 10.5 Å². The molecule has 0 spiro atoms. The largest absolute Gasteiger partial charge is 0.477 e. The molecule has 1 aromatic rings. The molecular formula is C12H18N2O. The van der Waals surface area contributed by atoms with Gasteiger partial charge in [-0.15, -0.1) is 0 Å². The molecule has 1 aromatic heterocycles. The highest BCUT2D eigenvalue weighted by molar-refractivity contribution is 5.35. The molecule has 1 aliphatic rings. The van der Waals surface area contributed by atoms with Crippen LogP contribution in [0.4, 0.5) is 5.69 Å². The van der Waals surface area contributed by atoms with E-state index in [-0.39, 0.29) is 0 Å². The average molecular weight is 206 g/mol. The molecule has 0 unspecified atom stereocenters. The smallest absolute Gasteiger partial charge is 0.213 e. The lowest BCUT2D eigenvalue weighted by atomic mass is 9.74. The third-order valence-corrected chi connectivity index (χ3v) is 3.14. The second-order valence-corrected chi connectivity index (χ2v) is 4.35. The van der Waals surface area contributed by atoms with Crippen LogP contribution in [0.25, 0.3) is 0 Å². The summed E-state index contributed by atoms with van der Waals surface area (Å²) in [6, 6.07) is 3.64. The second kappa shape index (κ2) is 4.51. The van der Waals surface area contributed by atoms with Crippen molar-refractivity contribution in [2.24, 2.45) is 11.8 Å². The SMILES string of the molecule is CCC1CC(COc2ccc(N)cn2)C1. The number of nitrogens with two attached hydrogens (primary N) is 1. The van der Waals surface area contributed by atoms with E-state index in [1.807, 2.05) is 12.1 Å². The Morgan fingerprint density at radius 3 is 2.80 bits per heavy atom. The second-order valence-electron chi connectivity index (χ2n) is 4.35. The zero-order valence-corrected chi connectivity index (χ0v) is 9.15. The minimum atomic E-state index is 0.678. The number of nitrogens with zero attached hydrogens (tertiary/aromatic N) is 1. The number of pyridine rings is 1. The van der Waals surface area contributed by atoms with Gasteiger partial charge in [0.15, 0.2) is 0 Å². The number of nitrogen functional groups attached to an aromatic ring is 1. The van der Waals surface area contributed by atoms with Crippen molar-refractivity contribution in [3.8, 4) is 5.88 Å². The van der Waals surface area contributed by atoms with Crippen molar-refractivity contribution in [3.63, 3.8) is 0 Å². The normalized spacial score (nSPS) is 24.6. The summed E-state index contributed by atoms with van der Waals surface area (Å²) >= 11 is 0. The van der Waals surface area contributed by atoms with E-state index in [4.69, 9.17) is 10.5 Å². The Labute approximate surface area is 90.7 Å². The van der Waals surface area contributed by atoms with Crippen molar-refractivity contribution in [1.29, 1.82) is 0 Å². The van der Waals surface area contributed by atoms with Crippen molar-refractivity contribution in [2.45, 2.75) is 26.2 Å². The molecule has 0 aromatic carbocycles. The summed E-state index contributed by atoms with van der Waals surface area (Å²) in [7, 11) is 0. The maximum atomic E-state index is 5.59. The van der Waals surface area contributed by atoms with Crippen LogP contribution in [0.2, 0.25) is 0 Å². The van der Waals surface area contributed by atoms with Crippen LogP contribution in [0, 0.1) is 11.8 Å². The summed E-state index contributed by atoms with van der Waals surface area (Å²) in [5.41, 5.74) is 6.22. The minimum absolute atomic E-state index is 0.678. The van der Waals surface area contributed by atoms with Gasteiger partial charge in [0.25, 0.3) is 0 Å². The molecule has 2 rings (SSSR count). The topological polar surface area (TPSA) is 48.1 Å². The number of ether oxygens (including phenoxy) is 1. The van der Waals surface area contributed by atoms with E-state index in [2.05, 4.69) is 11.9 Å². The Balaban J connectivity index is 1.72. The predicted molar refractivity (Wildman–Crippen MR) is 60.6 cm³/mol. The molecule has 0 atom stereocenters. The molecular weight excluding hydrogens is 188 g/mol. The first kappa shape index (κ1) is 10.3. The predicted octanol–water partition coefficient (Wildman–Crippen LogP) is 2.48. The van der Waals surface area contributed by atoms with Gasteiger partial charge in [-0.1, -0.05) is 13.3 Å². The maximum absolute atomic E-state index is 5.59. The molecule has 1 fully saturated rings. The molecule has 0 saturated heterocycles. The summed E-state index contributed by atoms with van der Waals surface area (Å²) in [5, 5.41) is 0. The van der Waals surface area contributed by atoms with Crippen LogP contribution < -0.4 is 10.5 Å². The van der Waals surface area contributed by atoms with Crippen LogP contribution in [0.1, 0.15) is 26.2 Å². The van der Waals surface area contributed by atoms with Crippen LogP contribution >= 0.6 is 0 Å². The van der Waals surface area contributed by atoms with Gasteiger partial charge in [0.05, 0.1) is 18.5 Å². The Bertz CT molecular complexity index is 304. The van der Waals surface area contributed by atoms with Gasteiger partial charge in [0.2, 0.25) is 5.88 Å². The van der Waals surface area contributed by atoms with Crippen molar-refractivity contribution < 1.29 is 4.74 Å². The molecule has 82 valence electrons. The molecule has 2 N–H and O–H groups in total. The highest BCUT2D eigenvalue weighted by Crippen LogP contribution is 2.35. The van der Waals surface area contributed by atoms with Gasteiger partial charge in [-0.05, 0) is 30.7 Å². The van der Waals surface area contributed by atoms with E-state index in [1.54, 1.807) is 6.20 Å². The van der Waals surface area contributed by atoms with E-state index < -0.39 is 0 Å². The van der Waals surface area contributed by atoms with Crippen molar-refractivity contribution in [1.82, 2.24) is 4.98 Å². The van der Waals surface area contributed by atoms with Crippen LogP contribution in [-0.2, 0) is 0 Å². The lowest BCUT2D eigenvalue weighted by Gasteiger charge is -2.34. The van der Waals surface area contributed by atoms with Gasteiger partial charge >= 0.3 is 0 Å². The molecule has 3 heteroatoms. The molecule has 1 aliphatic carbocycles. The monoisotopic (exact) mass is 206 g/mol. The number of hydrogen-bond acceptors (Lipinski definition) is 3. The fourth-order valence-electron chi connectivity index (χ4n) is 2.02. The maximum Gasteiger partial charge on any atom is 0.213 e. The van der Waals surface area contributed by atoms with Gasteiger partial charge in [0.1, 0.15) is 0 Å². The zero-order chi connectivity index (χ0) is 10.7. The zero-order valence-electron chi connectivity index (χ0n) is 9.15. The third-order valence-electron chi connectivity index (χ3n) is 3.14. The third kappa shape index (κ3) is 2.61. The van der Waals surface area contributed by atoms with E-state index in [0.717, 1.165) is 18.4 Å². The van der Waals surface area contributed by atoms with Crippen molar-refractivity contribution >= 4 is 5.69 Å². The quantitative estimate of drug-likeness (QED) is 0.823. The first-order valence-corrected chi connectivity index (χ1v) is 5.62. The summed E-state index contributed by atoms with van der Waals surface area (Å²) in [4.78, 5) is 4.10. The average Bonchev–Trinajstić information content (AvgIpc) is 2.19. The number of aromatic nitrogens is 1. The molecule has 0 amide bonds. The first-order valence-electron chi connectivity index (χ1n) is 5.62. The van der Waals surface area contributed by atoms with Crippen LogP contribution in [-0.4, -0.2) is 11.6 Å². The molecule has 0 bridgehead atoms. The lowest BCUT2D eigenvalue weighted by Crippen LogP contribution is -2.28. The molecule has 15 heavy (non-hydrogen) atoms. The standard InChI is InChI=1S/C12H18N2O/c1-2-9-5-10(6-9)8-15-12-4-3-11(13)7-14-12/h3-4,7,9-10H,2,5-6,8,13H2,1H3. The van der Waals surface area contributed by atoms with Crippen LogP contribution in [0.5, 0.6) is 5.88 Å². The van der Waals surface area contributed by atoms with E-state index in [9.17, 15) is 0 Å². The lowest BCUT2D eigenvalue weighted by molar-refractivity contribution is 0.115. The number of hydrogen-bond donors (Lipinski definition) is 1. The van der Waals surface area contributed by atoms with E-state index in [0.29, 0.717) is 11.6 Å². The van der Waals surface area contributed by atoms with Gasteiger partial charge in [-0.3, -0.25) is 0 Å². The van der Waals surface area contributed by atoms with E-state index >= 15 is 0 Å². The van der Waals surface area contributed by atoms with Crippen LogP contribution in [0.3, 0.4) is 0 Å². The molecule has 0 radical (unpaired) electrons. The Morgan fingerprint density at radius 2 is 2.20 bits per heavy atom. The van der Waals surface area contributed by atoms with Crippen molar-refractivity contribution in [3.05, 3.63) is 18.3 Å². The highest BCUT2D eigenvalue weighted by Gasteiger charge is 2.27. The Kier molecular flexibility index (Phi) is 3.09. The van der Waals surface area contributed by atoms with Crippen molar-refractivity contribution in [2.75, 3.05) is 12.3 Å². The fourth-order valence-corrected chi connectivity index (χ4v) is 2.02. The highest BCUT2D eigenvalue weighted by atomic mass is 16.5. The summed E-state index contributed by atoms with van der Waals surface area (Å²) < 4.78 is 5.59. The van der Waals surface area contributed by atoms with Gasteiger partial charge in [-0.25, -0.2) is 4.98 Å². The van der Waals surface area contributed by atoms with Gasteiger partial charge in [-0.2, -0.15) is 0 Å². The molecule has 1 heterocycles. The summed E-state index contributed by atoms with van der Waals surface area (Å²) in [5.74, 6) is 2.34. The molecule has 3 nitrogen and oxygen atoms in total. The Hall–Kier alpha value is -1.25. The Morgan fingerprint density at radius 1 is 1.40 bits per heavy atom. The number of rotatable bonds is 4. The van der Waals surface area contributed by atoms with E-state index in [1.165, 1.54) is 19.3 Å². The summed E-state index contributed by atoms with van der Waals surface area (Å²) in [6.07, 6.45) is 5.55. The fraction of sp³-hybridized carbons (Fsp3) is 0.583. The summed E-state index contributed by atoms with van der Waals surface area (Å²) in [6.45, 7) is 3.05. The minimum Gasteiger partial charge on any atom is -0.477 e. The number of anilines is 1. The molecule has 0 aliphatic heterocycles. The molecule has 1 saturated carbocycles. The van der Waals surface area contributed by atoms with Crippen LogP contribution in [0.15, 0.2) is 18.3 Å².